The summed E-state index contributed by atoms with van der Waals surface area (Å²) < 4.78 is 2.08. The summed E-state index contributed by atoms with van der Waals surface area (Å²) in [6.07, 6.45) is 0.910. The standard InChI is InChI=1S/C20H22N4OS2/c1-4-23-18(17-10-7-11-26-17)21-22-20(23)27-14(3)19(25)24-13(2)12-15-8-5-6-9-16(15)24/h5-11,13-14H,4,12H2,1-3H3/t13-,14+/m0/s1. The average molecular weight is 399 g/mol. The number of benzene rings is 1. The number of thioether (sulfide) groups is 1. The summed E-state index contributed by atoms with van der Waals surface area (Å²) in [6, 6.07) is 12.4. The van der Waals surface area contributed by atoms with Crippen LogP contribution in [-0.2, 0) is 17.8 Å². The fourth-order valence-electron chi connectivity index (χ4n) is 3.55. The van der Waals surface area contributed by atoms with Gasteiger partial charge in [-0.15, -0.1) is 21.5 Å². The van der Waals surface area contributed by atoms with E-state index in [2.05, 4.69) is 34.7 Å². The zero-order valence-electron chi connectivity index (χ0n) is 15.6. The fraction of sp³-hybridized carbons (Fsp3) is 0.350. The normalized spacial score (nSPS) is 17.1. The highest BCUT2D eigenvalue weighted by Gasteiger charge is 2.34. The molecule has 2 aromatic heterocycles. The van der Waals surface area contributed by atoms with E-state index in [9.17, 15) is 4.79 Å². The predicted octanol–water partition coefficient (Wildman–Crippen LogP) is 4.48. The quantitative estimate of drug-likeness (QED) is 0.595. The third-order valence-corrected chi connectivity index (χ3v) is 6.78. The maximum atomic E-state index is 13.2. The van der Waals surface area contributed by atoms with Crippen LogP contribution in [0.3, 0.4) is 0 Å². The minimum Gasteiger partial charge on any atom is -0.308 e. The van der Waals surface area contributed by atoms with Crippen molar-refractivity contribution in [2.45, 2.75) is 50.2 Å². The number of nitrogens with zero attached hydrogens (tertiary/aromatic N) is 4. The van der Waals surface area contributed by atoms with Gasteiger partial charge in [0, 0.05) is 18.3 Å². The van der Waals surface area contributed by atoms with Crippen molar-refractivity contribution in [3.8, 4) is 10.7 Å². The third-order valence-electron chi connectivity index (χ3n) is 4.85. The van der Waals surface area contributed by atoms with E-state index in [4.69, 9.17) is 0 Å². The molecule has 0 aliphatic carbocycles. The van der Waals surface area contributed by atoms with Crippen LogP contribution in [0.2, 0.25) is 0 Å². The zero-order chi connectivity index (χ0) is 19.0. The molecule has 27 heavy (non-hydrogen) atoms. The van der Waals surface area contributed by atoms with Gasteiger partial charge in [-0.1, -0.05) is 36.0 Å². The Bertz CT molecular complexity index is 951. The molecule has 0 bridgehead atoms. The molecular formula is C20H22N4OS2. The van der Waals surface area contributed by atoms with E-state index in [1.165, 1.54) is 17.3 Å². The number of rotatable bonds is 5. The summed E-state index contributed by atoms with van der Waals surface area (Å²) in [4.78, 5) is 16.2. The Hall–Kier alpha value is -2.12. The summed E-state index contributed by atoms with van der Waals surface area (Å²) in [5.74, 6) is 0.996. The molecule has 7 heteroatoms. The van der Waals surface area contributed by atoms with Crippen LogP contribution in [0.25, 0.3) is 10.7 Å². The first-order chi connectivity index (χ1) is 13.1. The van der Waals surface area contributed by atoms with E-state index in [0.717, 1.165) is 34.5 Å². The molecule has 0 fully saturated rings. The smallest absolute Gasteiger partial charge is 0.240 e. The van der Waals surface area contributed by atoms with Crippen molar-refractivity contribution < 1.29 is 4.79 Å². The van der Waals surface area contributed by atoms with Gasteiger partial charge in [0.05, 0.1) is 10.1 Å². The second kappa shape index (κ2) is 7.48. The first kappa shape index (κ1) is 18.3. The number of para-hydroxylation sites is 1. The van der Waals surface area contributed by atoms with Crippen LogP contribution in [0.5, 0.6) is 0 Å². The minimum absolute atomic E-state index is 0.126. The van der Waals surface area contributed by atoms with Crippen molar-refractivity contribution in [2.75, 3.05) is 4.90 Å². The summed E-state index contributed by atoms with van der Waals surface area (Å²) in [7, 11) is 0. The van der Waals surface area contributed by atoms with Gasteiger partial charge in [0.15, 0.2) is 11.0 Å². The minimum atomic E-state index is -0.232. The summed E-state index contributed by atoms with van der Waals surface area (Å²) in [6.45, 7) is 6.92. The molecule has 0 unspecified atom stereocenters. The van der Waals surface area contributed by atoms with Crippen LogP contribution in [0.1, 0.15) is 26.3 Å². The lowest BCUT2D eigenvalue weighted by molar-refractivity contribution is -0.118. The molecule has 1 aromatic carbocycles. The Morgan fingerprint density at radius 2 is 2.11 bits per heavy atom. The van der Waals surface area contributed by atoms with Crippen molar-refractivity contribution in [3.63, 3.8) is 0 Å². The number of anilines is 1. The van der Waals surface area contributed by atoms with Gasteiger partial charge in [-0.05, 0) is 50.3 Å². The zero-order valence-corrected chi connectivity index (χ0v) is 17.3. The van der Waals surface area contributed by atoms with Crippen LogP contribution in [0, 0.1) is 0 Å². The van der Waals surface area contributed by atoms with Crippen molar-refractivity contribution in [1.82, 2.24) is 14.8 Å². The topological polar surface area (TPSA) is 51.0 Å². The van der Waals surface area contributed by atoms with Crippen LogP contribution in [0.4, 0.5) is 5.69 Å². The number of aromatic nitrogens is 3. The largest absolute Gasteiger partial charge is 0.308 e. The predicted molar refractivity (Wildman–Crippen MR) is 111 cm³/mol. The first-order valence-corrected chi connectivity index (χ1v) is 10.9. The van der Waals surface area contributed by atoms with Gasteiger partial charge < -0.3 is 9.47 Å². The molecule has 3 heterocycles. The van der Waals surface area contributed by atoms with Gasteiger partial charge in [-0.3, -0.25) is 4.79 Å². The molecule has 1 aliphatic heterocycles. The molecule has 1 amide bonds. The first-order valence-electron chi connectivity index (χ1n) is 9.14. The number of hydrogen-bond donors (Lipinski definition) is 0. The number of carbonyl (C=O) groups is 1. The molecule has 2 atom stereocenters. The average Bonchev–Trinajstić information content (AvgIpc) is 3.38. The Labute approximate surface area is 167 Å². The highest BCUT2D eigenvalue weighted by Crippen LogP contribution is 2.35. The number of thiophene rings is 1. The molecule has 0 radical (unpaired) electrons. The molecule has 3 aromatic rings. The summed E-state index contributed by atoms with van der Waals surface area (Å²) in [5.41, 5.74) is 2.28. The highest BCUT2D eigenvalue weighted by molar-refractivity contribution is 8.00. The second-order valence-corrected chi connectivity index (χ2v) is 8.93. The number of fused-ring (bicyclic) bond motifs is 1. The van der Waals surface area contributed by atoms with Crippen molar-refractivity contribution in [3.05, 3.63) is 47.3 Å². The number of amides is 1. The van der Waals surface area contributed by atoms with E-state index in [0.29, 0.717) is 0 Å². The monoisotopic (exact) mass is 398 g/mol. The maximum Gasteiger partial charge on any atom is 0.240 e. The number of hydrogen-bond acceptors (Lipinski definition) is 5. The molecular weight excluding hydrogens is 376 g/mol. The Balaban J connectivity index is 1.56. The van der Waals surface area contributed by atoms with Crippen LogP contribution >= 0.6 is 23.1 Å². The van der Waals surface area contributed by atoms with E-state index in [1.54, 1.807) is 11.3 Å². The van der Waals surface area contributed by atoms with E-state index in [1.807, 2.05) is 47.5 Å². The second-order valence-electron chi connectivity index (χ2n) is 6.68. The maximum absolute atomic E-state index is 13.2. The van der Waals surface area contributed by atoms with E-state index in [-0.39, 0.29) is 17.2 Å². The van der Waals surface area contributed by atoms with Crippen molar-refractivity contribution in [1.29, 1.82) is 0 Å². The lowest BCUT2D eigenvalue weighted by Crippen LogP contribution is -2.40. The Morgan fingerprint density at radius 1 is 1.30 bits per heavy atom. The molecule has 140 valence electrons. The fourth-order valence-corrected chi connectivity index (χ4v) is 5.23. The molecule has 0 saturated carbocycles. The van der Waals surface area contributed by atoms with Gasteiger partial charge in [0.1, 0.15) is 0 Å². The number of carbonyl (C=O) groups excluding carboxylic acids is 1. The summed E-state index contributed by atoms with van der Waals surface area (Å²) >= 11 is 3.14. The van der Waals surface area contributed by atoms with Gasteiger partial charge >= 0.3 is 0 Å². The molecule has 0 N–H and O–H groups in total. The Kier molecular flexibility index (Phi) is 5.06. The lowest BCUT2D eigenvalue weighted by Gasteiger charge is -2.25. The SMILES string of the molecule is CCn1c(S[C@H](C)C(=O)N2c3ccccc3C[C@@H]2C)nnc1-c1cccs1. The van der Waals surface area contributed by atoms with E-state index >= 15 is 0 Å². The van der Waals surface area contributed by atoms with Gasteiger partial charge in [0.25, 0.3) is 0 Å². The van der Waals surface area contributed by atoms with Gasteiger partial charge in [0.2, 0.25) is 5.91 Å². The van der Waals surface area contributed by atoms with Crippen LogP contribution in [-0.4, -0.2) is 32.0 Å². The van der Waals surface area contributed by atoms with Gasteiger partial charge in [-0.25, -0.2) is 0 Å². The highest BCUT2D eigenvalue weighted by atomic mass is 32.2. The Morgan fingerprint density at radius 3 is 2.85 bits per heavy atom. The molecule has 4 rings (SSSR count). The third kappa shape index (κ3) is 3.30. The lowest BCUT2D eigenvalue weighted by atomic mass is 10.1. The van der Waals surface area contributed by atoms with Crippen LogP contribution in [0.15, 0.2) is 46.9 Å². The van der Waals surface area contributed by atoms with Crippen molar-refractivity contribution >= 4 is 34.7 Å². The molecule has 5 nitrogen and oxygen atoms in total. The molecule has 1 aliphatic rings. The summed E-state index contributed by atoms with van der Waals surface area (Å²) in [5, 5.41) is 11.3. The molecule has 0 spiro atoms. The van der Waals surface area contributed by atoms with E-state index < -0.39 is 0 Å². The van der Waals surface area contributed by atoms with Gasteiger partial charge in [-0.2, -0.15) is 0 Å². The van der Waals surface area contributed by atoms with Crippen molar-refractivity contribution in [2.24, 2.45) is 0 Å². The molecule has 0 saturated heterocycles. The van der Waals surface area contributed by atoms with Crippen LogP contribution < -0.4 is 4.90 Å².